The van der Waals surface area contributed by atoms with E-state index in [1.807, 2.05) is 12.1 Å². The Morgan fingerprint density at radius 3 is 2.50 bits per heavy atom. The molecule has 0 unspecified atom stereocenters. The number of ketones is 1. The van der Waals surface area contributed by atoms with Crippen LogP contribution in [0, 0.1) is 0 Å². The molecule has 3 heteroatoms. The fourth-order valence-electron chi connectivity index (χ4n) is 3.55. The first-order valence-electron chi connectivity index (χ1n) is 7.84. The van der Waals surface area contributed by atoms with E-state index in [1.54, 1.807) is 0 Å². The molecule has 1 aliphatic carbocycles. The molecular formula is C19H19NOSe. The van der Waals surface area contributed by atoms with Crippen molar-refractivity contribution >= 4 is 25.9 Å². The number of carbonyl (C=O) groups is 1. The van der Waals surface area contributed by atoms with Crippen LogP contribution >= 0.6 is 0 Å². The third-order valence-corrected chi connectivity index (χ3v) is 6.71. The van der Waals surface area contributed by atoms with Crippen LogP contribution < -0.4 is 0 Å². The Hall–Kier alpha value is -1.41. The van der Waals surface area contributed by atoms with Gasteiger partial charge in [0.05, 0.1) is 0 Å². The van der Waals surface area contributed by atoms with Crippen LogP contribution in [0.3, 0.4) is 0 Å². The number of benzene rings is 1. The molecule has 0 spiro atoms. The minimum atomic E-state index is 0.289. The Morgan fingerprint density at radius 2 is 1.73 bits per heavy atom. The summed E-state index contributed by atoms with van der Waals surface area (Å²) in [5.74, 6) is 0.289. The van der Waals surface area contributed by atoms with Crippen LogP contribution in [-0.4, -0.2) is 45.3 Å². The molecule has 2 heterocycles. The van der Waals surface area contributed by atoms with Gasteiger partial charge in [-0.2, -0.15) is 0 Å². The molecule has 22 heavy (non-hydrogen) atoms. The van der Waals surface area contributed by atoms with Crippen molar-refractivity contribution in [3.05, 3.63) is 62.0 Å². The molecule has 0 amide bonds. The van der Waals surface area contributed by atoms with Crippen LogP contribution in [0.15, 0.2) is 40.8 Å². The molecule has 0 N–H and O–H groups in total. The Bertz CT molecular complexity index is 761. The van der Waals surface area contributed by atoms with Gasteiger partial charge in [-0.3, -0.25) is 0 Å². The summed E-state index contributed by atoms with van der Waals surface area (Å²) in [6.45, 7) is 2.23. The van der Waals surface area contributed by atoms with E-state index in [0.29, 0.717) is 20.9 Å². The molecule has 2 aliphatic rings. The van der Waals surface area contributed by atoms with E-state index in [9.17, 15) is 4.79 Å². The van der Waals surface area contributed by atoms with E-state index >= 15 is 0 Å². The van der Waals surface area contributed by atoms with Gasteiger partial charge in [-0.15, -0.1) is 0 Å². The van der Waals surface area contributed by atoms with Gasteiger partial charge in [-0.25, -0.2) is 0 Å². The summed E-state index contributed by atoms with van der Waals surface area (Å²) in [6.07, 6.45) is 2.84. The van der Waals surface area contributed by atoms with Crippen molar-refractivity contribution in [1.29, 1.82) is 0 Å². The molecule has 0 bridgehead atoms. The van der Waals surface area contributed by atoms with Crippen molar-refractivity contribution in [2.45, 2.75) is 19.3 Å². The molecule has 112 valence electrons. The Kier molecular flexibility index (Phi) is 3.65. The van der Waals surface area contributed by atoms with Gasteiger partial charge in [-0.1, -0.05) is 0 Å². The number of fused-ring (bicyclic) bond motifs is 2. The maximum atomic E-state index is 12.6. The fourth-order valence-corrected chi connectivity index (χ4v) is 5.40. The van der Waals surface area contributed by atoms with Crippen molar-refractivity contribution in [1.82, 2.24) is 4.90 Å². The molecule has 1 aromatic heterocycles. The fraction of sp³-hybridized carbons (Fsp3) is 0.316. The number of likely N-dealkylation sites (tertiary alicyclic amines) is 1. The van der Waals surface area contributed by atoms with E-state index < -0.39 is 0 Å². The molecular weight excluding hydrogens is 337 g/mol. The van der Waals surface area contributed by atoms with Gasteiger partial charge in [0.15, 0.2) is 0 Å². The molecule has 1 aliphatic heterocycles. The van der Waals surface area contributed by atoms with E-state index in [4.69, 9.17) is 0 Å². The van der Waals surface area contributed by atoms with Crippen LogP contribution in [0.25, 0.3) is 5.57 Å². The van der Waals surface area contributed by atoms with Gasteiger partial charge in [-0.05, 0) is 0 Å². The van der Waals surface area contributed by atoms with Gasteiger partial charge >= 0.3 is 137 Å². The first-order chi connectivity index (χ1) is 10.7. The van der Waals surface area contributed by atoms with Crippen molar-refractivity contribution in [2.75, 3.05) is 20.1 Å². The molecule has 0 atom stereocenters. The van der Waals surface area contributed by atoms with Gasteiger partial charge in [0, 0.05) is 0 Å². The zero-order valence-corrected chi connectivity index (χ0v) is 14.5. The molecule has 0 radical (unpaired) electrons. The summed E-state index contributed by atoms with van der Waals surface area (Å²) in [4.78, 5) is 17.3. The molecule has 0 saturated carbocycles. The third kappa shape index (κ3) is 2.34. The number of hydrogen-bond acceptors (Lipinski definition) is 2. The average Bonchev–Trinajstić information content (AvgIpc) is 2.93. The van der Waals surface area contributed by atoms with Gasteiger partial charge in [0.2, 0.25) is 0 Å². The van der Waals surface area contributed by atoms with Crippen LogP contribution in [0.1, 0.15) is 38.8 Å². The van der Waals surface area contributed by atoms with E-state index in [0.717, 1.165) is 31.5 Å². The SMILES string of the molecule is CN1CCC(=C2c3ccccc3C(=O)Cc3[se]ccc32)CC1. The van der Waals surface area contributed by atoms with E-state index in [1.165, 1.54) is 26.7 Å². The Morgan fingerprint density at radius 1 is 1.00 bits per heavy atom. The topological polar surface area (TPSA) is 20.3 Å². The molecule has 1 aromatic carbocycles. The summed E-state index contributed by atoms with van der Waals surface area (Å²) in [7, 11) is 2.19. The maximum absolute atomic E-state index is 12.6. The molecule has 2 nitrogen and oxygen atoms in total. The zero-order chi connectivity index (χ0) is 15.1. The van der Waals surface area contributed by atoms with Crippen LogP contribution in [0.2, 0.25) is 0 Å². The first-order valence-corrected chi connectivity index (χ1v) is 9.68. The second kappa shape index (κ2) is 5.66. The summed E-state index contributed by atoms with van der Waals surface area (Å²) in [5, 5.41) is 0. The summed E-state index contributed by atoms with van der Waals surface area (Å²) in [6, 6.07) is 10.5. The normalized spacial score (nSPS) is 18.9. The van der Waals surface area contributed by atoms with E-state index in [2.05, 4.69) is 35.1 Å². The van der Waals surface area contributed by atoms with Gasteiger partial charge in [0.1, 0.15) is 0 Å². The number of nitrogens with zero attached hydrogens (tertiary/aromatic N) is 1. The van der Waals surface area contributed by atoms with Crippen LogP contribution in [0.5, 0.6) is 0 Å². The number of carbonyl (C=O) groups excluding carboxylic acids is 1. The van der Waals surface area contributed by atoms with Crippen molar-refractivity contribution < 1.29 is 4.79 Å². The summed E-state index contributed by atoms with van der Waals surface area (Å²) >= 11 is 0.351. The van der Waals surface area contributed by atoms with Crippen molar-refractivity contribution in [3.8, 4) is 0 Å². The zero-order valence-electron chi connectivity index (χ0n) is 12.8. The predicted octanol–water partition coefficient (Wildman–Crippen LogP) is 3.01. The second-order valence-electron chi connectivity index (χ2n) is 6.18. The Balaban J connectivity index is 1.96. The third-order valence-electron chi connectivity index (χ3n) is 4.78. The van der Waals surface area contributed by atoms with E-state index in [-0.39, 0.29) is 5.78 Å². The van der Waals surface area contributed by atoms with Gasteiger partial charge in [0.25, 0.3) is 0 Å². The molecule has 1 fully saturated rings. The standard InChI is InChI=1S/C19H19NOSe/c1-20-9-6-13(7-10-20)19-15-5-3-2-4-14(15)17(21)12-18-16(19)8-11-22-18/h2-5,8,11H,6-7,9-10,12H2,1H3. The quantitative estimate of drug-likeness (QED) is 0.677. The number of rotatable bonds is 0. The van der Waals surface area contributed by atoms with Crippen molar-refractivity contribution in [3.63, 3.8) is 0 Å². The van der Waals surface area contributed by atoms with Crippen LogP contribution in [0.4, 0.5) is 0 Å². The predicted molar refractivity (Wildman–Crippen MR) is 90.6 cm³/mol. The summed E-state index contributed by atoms with van der Waals surface area (Å²) in [5.41, 5.74) is 6.36. The average molecular weight is 356 g/mol. The summed E-state index contributed by atoms with van der Waals surface area (Å²) < 4.78 is 1.37. The van der Waals surface area contributed by atoms with Crippen LogP contribution in [-0.2, 0) is 6.42 Å². The molecule has 2 aromatic rings. The Labute approximate surface area is 137 Å². The number of piperidine rings is 1. The van der Waals surface area contributed by atoms with Gasteiger partial charge < -0.3 is 0 Å². The monoisotopic (exact) mass is 357 g/mol. The number of Topliss-reactive ketones (excluding diaryl/α,β-unsaturated/α-hetero) is 1. The molecule has 1 saturated heterocycles. The number of hydrogen-bond donors (Lipinski definition) is 0. The molecule has 4 rings (SSSR count). The first kappa shape index (κ1) is 14.2. The van der Waals surface area contributed by atoms with Crippen molar-refractivity contribution in [2.24, 2.45) is 0 Å². The second-order valence-corrected chi connectivity index (χ2v) is 8.28. The minimum absolute atomic E-state index is 0.289.